The molecule has 20 heavy (non-hydrogen) atoms. The first-order valence-electron chi connectivity index (χ1n) is 6.89. The van der Waals surface area contributed by atoms with Gasteiger partial charge in [-0.3, -0.25) is 9.69 Å². The molecule has 0 saturated carbocycles. The van der Waals surface area contributed by atoms with Gasteiger partial charge in [0.1, 0.15) is 5.69 Å². The minimum Gasteiger partial charge on any atom is -0.349 e. The summed E-state index contributed by atoms with van der Waals surface area (Å²) in [7, 11) is 3.99. The van der Waals surface area contributed by atoms with Crippen molar-refractivity contribution in [1.29, 1.82) is 0 Å². The van der Waals surface area contributed by atoms with Gasteiger partial charge in [-0.05, 0) is 31.3 Å². The van der Waals surface area contributed by atoms with E-state index in [0.29, 0.717) is 18.3 Å². The predicted octanol–water partition coefficient (Wildman–Crippen LogP) is 1.07. The average molecular weight is 272 g/mol. The van der Waals surface area contributed by atoms with Gasteiger partial charge in [-0.2, -0.15) is 0 Å². The van der Waals surface area contributed by atoms with Crippen LogP contribution < -0.4 is 5.32 Å². The van der Waals surface area contributed by atoms with E-state index in [0.717, 1.165) is 13.1 Å². The quantitative estimate of drug-likeness (QED) is 0.908. The van der Waals surface area contributed by atoms with Crippen molar-refractivity contribution in [3.63, 3.8) is 0 Å². The molecule has 0 radical (unpaired) electrons. The summed E-state index contributed by atoms with van der Waals surface area (Å²) in [5.41, 5.74) is 2.03. The maximum absolute atomic E-state index is 12.1. The van der Waals surface area contributed by atoms with Crippen LogP contribution in [0.3, 0.4) is 0 Å². The molecule has 3 rings (SSSR count). The molecule has 0 bridgehead atoms. The summed E-state index contributed by atoms with van der Waals surface area (Å²) in [6, 6.07) is 8.28. The molecule has 5 heteroatoms. The highest BCUT2D eigenvalue weighted by molar-refractivity contribution is 5.92. The van der Waals surface area contributed by atoms with Gasteiger partial charge in [0.2, 0.25) is 0 Å². The van der Waals surface area contributed by atoms with Crippen molar-refractivity contribution in [3.8, 4) is 0 Å². The molecule has 0 aliphatic carbocycles. The van der Waals surface area contributed by atoms with E-state index in [9.17, 15) is 4.79 Å². The second-order valence-corrected chi connectivity index (χ2v) is 5.44. The standard InChI is InChI=1S/C15H20N4O/c1-17-7-4-6-14(17)15(20)16-9-13-11-19-8-3-5-12(19)10-18(13)2/h3-8,13H,9-11H2,1-2H3,(H,16,20). The fourth-order valence-electron chi connectivity index (χ4n) is 2.74. The summed E-state index contributed by atoms with van der Waals surface area (Å²) >= 11 is 0. The summed E-state index contributed by atoms with van der Waals surface area (Å²) in [6.45, 7) is 2.52. The highest BCUT2D eigenvalue weighted by atomic mass is 16.1. The van der Waals surface area contributed by atoms with Crippen molar-refractivity contribution in [2.75, 3.05) is 13.6 Å². The Hall–Kier alpha value is -2.01. The third-order valence-electron chi connectivity index (χ3n) is 4.04. The summed E-state index contributed by atoms with van der Waals surface area (Å²) in [6.07, 6.45) is 3.99. The van der Waals surface area contributed by atoms with Crippen molar-refractivity contribution in [1.82, 2.24) is 19.4 Å². The molecule has 2 aromatic rings. The number of hydrogen-bond donors (Lipinski definition) is 1. The largest absolute Gasteiger partial charge is 0.349 e. The smallest absolute Gasteiger partial charge is 0.267 e. The van der Waals surface area contributed by atoms with Crippen LogP contribution in [0.4, 0.5) is 0 Å². The second-order valence-electron chi connectivity index (χ2n) is 5.44. The first-order chi connectivity index (χ1) is 9.65. The molecular formula is C15H20N4O. The van der Waals surface area contributed by atoms with E-state index in [1.807, 2.05) is 29.9 Å². The molecule has 106 valence electrons. The molecule has 1 amide bonds. The zero-order chi connectivity index (χ0) is 14.1. The van der Waals surface area contributed by atoms with E-state index in [1.165, 1.54) is 5.69 Å². The van der Waals surface area contributed by atoms with Gasteiger partial charge < -0.3 is 14.5 Å². The number of rotatable bonds is 3. The molecule has 2 aromatic heterocycles. The minimum atomic E-state index is -0.01000. The molecule has 1 unspecified atom stereocenters. The third-order valence-corrected chi connectivity index (χ3v) is 4.04. The van der Waals surface area contributed by atoms with Gasteiger partial charge in [0, 0.05) is 50.8 Å². The van der Waals surface area contributed by atoms with E-state index in [-0.39, 0.29) is 5.91 Å². The van der Waals surface area contributed by atoms with Crippen LogP contribution >= 0.6 is 0 Å². The minimum absolute atomic E-state index is 0.01000. The normalized spacial score (nSPS) is 18.8. The number of amides is 1. The van der Waals surface area contributed by atoms with Crippen LogP contribution in [0, 0.1) is 0 Å². The van der Waals surface area contributed by atoms with Crippen LogP contribution in [0.2, 0.25) is 0 Å². The number of hydrogen-bond acceptors (Lipinski definition) is 2. The predicted molar refractivity (Wildman–Crippen MR) is 77.4 cm³/mol. The van der Waals surface area contributed by atoms with Crippen molar-refractivity contribution in [2.24, 2.45) is 7.05 Å². The van der Waals surface area contributed by atoms with Crippen LogP contribution in [-0.2, 0) is 20.1 Å². The maximum Gasteiger partial charge on any atom is 0.267 e. The summed E-state index contributed by atoms with van der Waals surface area (Å²) in [5.74, 6) is -0.01000. The lowest BCUT2D eigenvalue weighted by molar-refractivity contribution is 0.0917. The Balaban J connectivity index is 1.62. The highest BCUT2D eigenvalue weighted by Crippen LogP contribution is 2.16. The molecule has 3 heterocycles. The van der Waals surface area contributed by atoms with Crippen LogP contribution in [-0.4, -0.2) is 39.6 Å². The van der Waals surface area contributed by atoms with Gasteiger partial charge in [0.25, 0.3) is 5.91 Å². The van der Waals surface area contributed by atoms with Crippen molar-refractivity contribution < 1.29 is 4.79 Å². The van der Waals surface area contributed by atoms with Gasteiger partial charge in [0.05, 0.1) is 0 Å². The van der Waals surface area contributed by atoms with Crippen LogP contribution in [0.5, 0.6) is 0 Å². The molecule has 5 nitrogen and oxygen atoms in total. The lowest BCUT2D eigenvalue weighted by Crippen LogP contribution is -2.47. The van der Waals surface area contributed by atoms with Crippen LogP contribution in [0.15, 0.2) is 36.7 Å². The molecule has 1 atom stereocenters. The lowest BCUT2D eigenvalue weighted by atomic mass is 10.2. The number of nitrogens with zero attached hydrogens (tertiary/aromatic N) is 3. The van der Waals surface area contributed by atoms with Crippen molar-refractivity contribution >= 4 is 5.91 Å². The molecule has 1 aliphatic rings. The average Bonchev–Trinajstić information content (AvgIpc) is 3.04. The molecule has 0 saturated heterocycles. The number of fused-ring (bicyclic) bond motifs is 1. The molecule has 0 aromatic carbocycles. The van der Waals surface area contributed by atoms with Gasteiger partial charge in [-0.15, -0.1) is 0 Å². The van der Waals surface area contributed by atoms with E-state index in [4.69, 9.17) is 0 Å². The maximum atomic E-state index is 12.1. The first kappa shape index (κ1) is 13.0. The third kappa shape index (κ3) is 2.36. The highest BCUT2D eigenvalue weighted by Gasteiger charge is 2.23. The SMILES string of the molecule is CN1Cc2cccn2CC1CNC(=O)c1cccn1C. The van der Waals surface area contributed by atoms with Gasteiger partial charge in [-0.25, -0.2) is 0 Å². The number of aryl methyl sites for hydroxylation is 1. The number of carbonyl (C=O) groups excluding carboxylic acids is 1. The van der Waals surface area contributed by atoms with E-state index < -0.39 is 0 Å². The molecule has 0 fully saturated rings. The Morgan fingerprint density at radius 1 is 1.30 bits per heavy atom. The zero-order valence-electron chi connectivity index (χ0n) is 11.9. The Morgan fingerprint density at radius 2 is 2.10 bits per heavy atom. The van der Waals surface area contributed by atoms with E-state index in [2.05, 4.69) is 40.2 Å². The fourth-order valence-corrected chi connectivity index (χ4v) is 2.74. The summed E-state index contributed by atoms with van der Waals surface area (Å²) in [5, 5.41) is 3.03. The van der Waals surface area contributed by atoms with Gasteiger partial charge >= 0.3 is 0 Å². The Bertz CT molecular complexity index is 613. The number of carbonyl (C=O) groups is 1. The van der Waals surface area contributed by atoms with Gasteiger partial charge in [0.15, 0.2) is 0 Å². The topological polar surface area (TPSA) is 42.2 Å². The van der Waals surface area contributed by atoms with E-state index >= 15 is 0 Å². The van der Waals surface area contributed by atoms with E-state index in [1.54, 1.807) is 0 Å². The van der Waals surface area contributed by atoms with Crippen molar-refractivity contribution in [3.05, 3.63) is 48.0 Å². The second kappa shape index (κ2) is 5.17. The summed E-state index contributed by atoms with van der Waals surface area (Å²) < 4.78 is 4.10. The molecule has 1 aliphatic heterocycles. The van der Waals surface area contributed by atoms with Crippen molar-refractivity contribution in [2.45, 2.75) is 19.1 Å². The fraction of sp³-hybridized carbons (Fsp3) is 0.400. The first-order valence-corrected chi connectivity index (χ1v) is 6.89. The molecule has 0 spiro atoms. The zero-order valence-corrected chi connectivity index (χ0v) is 11.9. The molecular weight excluding hydrogens is 252 g/mol. The Kier molecular flexibility index (Phi) is 3.36. The van der Waals surface area contributed by atoms with Gasteiger partial charge in [-0.1, -0.05) is 0 Å². The number of aromatic nitrogens is 2. The Morgan fingerprint density at radius 3 is 2.85 bits per heavy atom. The number of likely N-dealkylation sites (N-methyl/N-ethyl adjacent to an activating group) is 1. The Labute approximate surface area is 118 Å². The summed E-state index contributed by atoms with van der Waals surface area (Å²) in [4.78, 5) is 14.4. The monoisotopic (exact) mass is 272 g/mol. The van der Waals surface area contributed by atoms with Crippen LogP contribution in [0.25, 0.3) is 0 Å². The molecule has 1 N–H and O–H groups in total. The lowest BCUT2D eigenvalue weighted by Gasteiger charge is -2.34. The van der Waals surface area contributed by atoms with Crippen LogP contribution in [0.1, 0.15) is 16.2 Å². The number of nitrogens with one attached hydrogen (secondary N) is 1.